The molecule has 0 aliphatic rings. The molecule has 29 heavy (non-hydrogen) atoms. The molecule has 3 aromatic rings. The normalized spacial score (nSPS) is 11.0. The van der Waals surface area contributed by atoms with Crippen LogP contribution >= 0.6 is 15.9 Å². The molecule has 9 heteroatoms. The van der Waals surface area contributed by atoms with E-state index in [2.05, 4.69) is 25.6 Å². The zero-order valence-corrected chi connectivity index (χ0v) is 17.7. The van der Waals surface area contributed by atoms with E-state index < -0.39 is 15.9 Å². The van der Waals surface area contributed by atoms with Crippen LogP contribution in [0.1, 0.15) is 16.1 Å². The second-order valence-corrected chi connectivity index (χ2v) is 8.35. The van der Waals surface area contributed by atoms with E-state index in [-0.39, 0.29) is 17.1 Å². The number of sulfonamides is 1. The van der Waals surface area contributed by atoms with Crippen molar-refractivity contribution < 1.29 is 22.7 Å². The number of halogens is 1. The third kappa shape index (κ3) is 5.12. The van der Waals surface area contributed by atoms with E-state index in [1.54, 1.807) is 36.5 Å². The Bertz CT molecular complexity index is 1120. The van der Waals surface area contributed by atoms with Crippen LogP contribution in [0.5, 0.6) is 11.5 Å². The lowest BCUT2D eigenvalue weighted by Crippen LogP contribution is -2.30. The topological polar surface area (TPSA) is 94.6 Å². The number of carbonyl (C=O) groups excluding carboxylic acids is 1. The van der Waals surface area contributed by atoms with Crippen LogP contribution in [0.4, 0.5) is 0 Å². The summed E-state index contributed by atoms with van der Waals surface area (Å²) in [6.07, 6.45) is 1.66. The van der Waals surface area contributed by atoms with Crippen LogP contribution in [0.15, 0.2) is 76.2 Å². The van der Waals surface area contributed by atoms with Gasteiger partial charge in [0, 0.05) is 16.2 Å². The number of pyridine rings is 1. The lowest BCUT2D eigenvalue weighted by molar-refractivity contribution is 0.0981. The molecule has 1 amide bonds. The molecule has 0 aliphatic heterocycles. The van der Waals surface area contributed by atoms with E-state index >= 15 is 0 Å². The van der Waals surface area contributed by atoms with Crippen LogP contribution in [0, 0.1) is 0 Å². The standard InChI is InChI=1S/C20H17BrN2O5S/c1-27-18-12-14(9-10-17(18)28-13-15-6-4-5-11-22-15)20(24)23-29(25,26)19-8-3-2-7-16(19)21/h2-12H,13H2,1H3,(H,23,24). The van der Waals surface area contributed by atoms with Gasteiger partial charge in [-0.2, -0.15) is 0 Å². The summed E-state index contributed by atoms with van der Waals surface area (Å²) in [5.74, 6) is -0.0782. The summed E-state index contributed by atoms with van der Waals surface area (Å²) < 4.78 is 38.4. The number of rotatable bonds is 7. The SMILES string of the molecule is COc1cc(C(=O)NS(=O)(=O)c2ccccc2Br)ccc1OCc1ccccn1. The van der Waals surface area contributed by atoms with Crippen molar-refractivity contribution in [1.82, 2.24) is 9.71 Å². The molecular formula is C20H17BrN2O5S. The van der Waals surface area contributed by atoms with Crippen molar-refractivity contribution in [3.05, 3.63) is 82.6 Å². The van der Waals surface area contributed by atoms with Crippen LogP contribution < -0.4 is 14.2 Å². The third-order valence-corrected chi connectivity index (χ3v) is 6.22. The Morgan fingerprint density at radius 1 is 1.07 bits per heavy atom. The number of benzene rings is 2. The second kappa shape index (κ2) is 9.06. The maximum atomic E-state index is 12.5. The lowest BCUT2D eigenvalue weighted by Gasteiger charge is -2.13. The third-order valence-electron chi connectivity index (χ3n) is 3.88. The Balaban J connectivity index is 1.77. The summed E-state index contributed by atoms with van der Waals surface area (Å²) >= 11 is 3.17. The largest absolute Gasteiger partial charge is 0.493 e. The molecule has 3 rings (SSSR count). The van der Waals surface area contributed by atoms with Crippen molar-refractivity contribution in [3.8, 4) is 11.5 Å². The number of ether oxygens (including phenoxy) is 2. The maximum absolute atomic E-state index is 12.5. The van der Waals surface area contributed by atoms with Gasteiger partial charge >= 0.3 is 0 Å². The molecule has 7 nitrogen and oxygen atoms in total. The van der Waals surface area contributed by atoms with Crippen molar-refractivity contribution in [2.45, 2.75) is 11.5 Å². The summed E-state index contributed by atoms with van der Waals surface area (Å²) in [5.41, 5.74) is 0.846. The molecule has 1 heterocycles. The van der Waals surface area contributed by atoms with Gasteiger partial charge in [0.2, 0.25) is 0 Å². The Kier molecular flexibility index (Phi) is 6.50. The summed E-state index contributed by atoms with van der Waals surface area (Å²) in [5, 5.41) is 0. The van der Waals surface area contributed by atoms with Gasteiger partial charge in [-0.05, 0) is 58.4 Å². The van der Waals surface area contributed by atoms with E-state index in [9.17, 15) is 13.2 Å². The summed E-state index contributed by atoms with van der Waals surface area (Å²) in [4.78, 5) is 16.6. The lowest BCUT2D eigenvalue weighted by atomic mass is 10.2. The second-order valence-electron chi connectivity index (χ2n) is 5.84. The minimum absolute atomic E-state index is 0.0318. The van der Waals surface area contributed by atoms with Crippen LogP contribution in [-0.4, -0.2) is 26.4 Å². The van der Waals surface area contributed by atoms with Gasteiger partial charge in [0.25, 0.3) is 15.9 Å². The zero-order valence-electron chi connectivity index (χ0n) is 15.3. The number of aromatic nitrogens is 1. The van der Waals surface area contributed by atoms with Gasteiger partial charge in [0.1, 0.15) is 11.5 Å². The Hall–Kier alpha value is -2.91. The Labute approximate surface area is 176 Å². The smallest absolute Gasteiger partial charge is 0.265 e. The van der Waals surface area contributed by atoms with Gasteiger partial charge in [-0.1, -0.05) is 18.2 Å². The first-order valence-corrected chi connectivity index (χ1v) is 10.7. The number of hydrogen-bond acceptors (Lipinski definition) is 6. The van der Waals surface area contributed by atoms with Gasteiger partial charge in [-0.25, -0.2) is 13.1 Å². The predicted octanol–water partition coefficient (Wildman–Crippen LogP) is 3.55. The first kappa shape index (κ1) is 20.8. The monoisotopic (exact) mass is 476 g/mol. The molecule has 150 valence electrons. The van der Waals surface area contributed by atoms with Crippen molar-refractivity contribution in [3.63, 3.8) is 0 Å². The van der Waals surface area contributed by atoms with E-state index in [0.29, 0.717) is 16.0 Å². The zero-order chi connectivity index (χ0) is 20.9. The number of carbonyl (C=O) groups is 1. The fraction of sp³-hybridized carbons (Fsp3) is 0.100. The molecule has 2 aromatic carbocycles. The van der Waals surface area contributed by atoms with Crippen molar-refractivity contribution in [2.24, 2.45) is 0 Å². The number of nitrogens with one attached hydrogen (secondary N) is 1. The molecule has 0 radical (unpaired) electrons. The quantitative estimate of drug-likeness (QED) is 0.560. The minimum Gasteiger partial charge on any atom is -0.493 e. The average molecular weight is 477 g/mol. The number of methoxy groups -OCH3 is 1. The van der Waals surface area contributed by atoms with E-state index in [1.165, 1.54) is 25.3 Å². The van der Waals surface area contributed by atoms with Crippen LogP contribution in [0.2, 0.25) is 0 Å². The van der Waals surface area contributed by atoms with E-state index in [0.717, 1.165) is 5.69 Å². The Morgan fingerprint density at radius 3 is 2.52 bits per heavy atom. The molecule has 0 aliphatic carbocycles. The summed E-state index contributed by atoms with van der Waals surface area (Å²) in [6, 6.07) is 16.1. The highest BCUT2D eigenvalue weighted by atomic mass is 79.9. The minimum atomic E-state index is -4.04. The van der Waals surface area contributed by atoms with Gasteiger partial charge in [0.15, 0.2) is 11.5 Å². The van der Waals surface area contributed by atoms with Gasteiger partial charge in [-0.15, -0.1) is 0 Å². The molecule has 0 saturated heterocycles. The Morgan fingerprint density at radius 2 is 1.83 bits per heavy atom. The van der Waals surface area contributed by atoms with Crippen molar-refractivity contribution in [2.75, 3.05) is 7.11 Å². The molecular weight excluding hydrogens is 460 g/mol. The molecule has 1 aromatic heterocycles. The number of amides is 1. The number of nitrogens with zero attached hydrogens (tertiary/aromatic N) is 1. The predicted molar refractivity (Wildman–Crippen MR) is 110 cm³/mol. The van der Waals surface area contributed by atoms with Gasteiger partial charge in [0.05, 0.1) is 12.8 Å². The van der Waals surface area contributed by atoms with Gasteiger partial charge in [-0.3, -0.25) is 9.78 Å². The molecule has 0 spiro atoms. The summed E-state index contributed by atoms with van der Waals surface area (Å²) in [7, 11) is -2.61. The highest BCUT2D eigenvalue weighted by Gasteiger charge is 2.22. The fourth-order valence-corrected chi connectivity index (χ4v) is 4.44. The summed E-state index contributed by atoms with van der Waals surface area (Å²) in [6.45, 7) is 0.221. The molecule has 0 fully saturated rings. The number of hydrogen-bond donors (Lipinski definition) is 1. The van der Waals surface area contributed by atoms with Crippen LogP contribution in [-0.2, 0) is 16.6 Å². The highest BCUT2D eigenvalue weighted by molar-refractivity contribution is 9.10. The van der Waals surface area contributed by atoms with E-state index in [4.69, 9.17) is 9.47 Å². The highest BCUT2D eigenvalue weighted by Crippen LogP contribution is 2.29. The maximum Gasteiger partial charge on any atom is 0.265 e. The van der Waals surface area contributed by atoms with Crippen molar-refractivity contribution >= 4 is 31.9 Å². The molecule has 1 N–H and O–H groups in total. The first-order valence-electron chi connectivity index (χ1n) is 8.43. The van der Waals surface area contributed by atoms with Crippen molar-refractivity contribution in [1.29, 1.82) is 0 Å². The first-order chi connectivity index (χ1) is 13.9. The molecule has 0 saturated carbocycles. The fourth-order valence-electron chi connectivity index (χ4n) is 2.46. The van der Waals surface area contributed by atoms with Crippen LogP contribution in [0.25, 0.3) is 0 Å². The van der Waals surface area contributed by atoms with Crippen LogP contribution in [0.3, 0.4) is 0 Å². The molecule has 0 unspecified atom stereocenters. The van der Waals surface area contributed by atoms with E-state index in [1.807, 2.05) is 12.1 Å². The molecule has 0 bridgehead atoms. The molecule has 0 atom stereocenters. The average Bonchev–Trinajstić information content (AvgIpc) is 2.72. The van der Waals surface area contributed by atoms with Gasteiger partial charge < -0.3 is 9.47 Å².